The molecule has 0 saturated heterocycles. The van der Waals surface area contributed by atoms with Gasteiger partial charge in [0.05, 0.1) is 0 Å². The van der Waals surface area contributed by atoms with Crippen molar-refractivity contribution < 1.29 is 9.50 Å². The molecular weight excluding hydrogens is 223 g/mol. The molecule has 0 radical (unpaired) electrons. The van der Waals surface area contributed by atoms with E-state index in [0.717, 1.165) is 9.75 Å². The lowest BCUT2D eigenvalue weighted by molar-refractivity contribution is 0.106. The molecule has 1 aromatic heterocycles. The summed E-state index contributed by atoms with van der Waals surface area (Å²) in [6.07, 6.45) is 0. The lowest BCUT2D eigenvalue weighted by Gasteiger charge is -2.22. The zero-order chi connectivity index (χ0) is 11.8. The molecule has 2 aromatic rings. The predicted molar refractivity (Wildman–Crippen MR) is 64.1 cm³/mol. The quantitative estimate of drug-likeness (QED) is 0.846. The van der Waals surface area contributed by atoms with Crippen molar-refractivity contribution in [3.63, 3.8) is 0 Å². The maximum atomic E-state index is 12.8. The smallest absolute Gasteiger partial charge is 0.123 e. The summed E-state index contributed by atoms with van der Waals surface area (Å²) in [6.45, 7) is 3.72. The van der Waals surface area contributed by atoms with E-state index in [2.05, 4.69) is 0 Å². The van der Waals surface area contributed by atoms with Gasteiger partial charge in [-0.15, -0.1) is 11.3 Å². The van der Waals surface area contributed by atoms with Crippen LogP contribution >= 0.6 is 11.3 Å². The van der Waals surface area contributed by atoms with Crippen LogP contribution in [0.5, 0.6) is 0 Å². The highest BCUT2D eigenvalue weighted by Gasteiger charge is 2.26. The minimum absolute atomic E-state index is 0.290. The first kappa shape index (κ1) is 11.3. The Balaban J connectivity index is 2.42. The van der Waals surface area contributed by atoms with Crippen molar-refractivity contribution in [2.45, 2.75) is 19.4 Å². The van der Waals surface area contributed by atoms with Crippen LogP contribution in [0.15, 0.2) is 36.4 Å². The largest absolute Gasteiger partial charge is 0.380 e. The van der Waals surface area contributed by atoms with Gasteiger partial charge in [-0.3, -0.25) is 0 Å². The van der Waals surface area contributed by atoms with Crippen molar-refractivity contribution in [1.82, 2.24) is 0 Å². The molecule has 16 heavy (non-hydrogen) atoms. The second-order valence-corrected chi connectivity index (χ2v) is 5.28. The Morgan fingerprint density at radius 2 is 1.75 bits per heavy atom. The van der Waals surface area contributed by atoms with E-state index in [1.54, 1.807) is 30.4 Å². The minimum atomic E-state index is -1.05. The molecule has 0 aliphatic heterocycles. The number of aliphatic hydroxyl groups is 1. The first-order valence-electron chi connectivity index (χ1n) is 5.05. The van der Waals surface area contributed by atoms with Gasteiger partial charge in [0, 0.05) is 9.75 Å². The van der Waals surface area contributed by atoms with Crippen LogP contribution in [-0.4, -0.2) is 5.11 Å². The summed E-state index contributed by atoms with van der Waals surface area (Å²) >= 11 is 1.55. The van der Waals surface area contributed by atoms with Crippen LogP contribution in [0.4, 0.5) is 4.39 Å². The van der Waals surface area contributed by atoms with Crippen LogP contribution in [0.25, 0.3) is 0 Å². The molecule has 1 nitrogen and oxygen atoms in total. The van der Waals surface area contributed by atoms with E-state index in [1.807, 2.05) is 19.1 Å². The van der Waals surface area contributed by atoms with Gasteiger partial charge in [-0.25, -0.2) is 4.39 Å². The molecule has 0 spiro atoms. The Bertz CT molecular complexity index is 485. The van der Waals surface area contributed by atoms with Gasteiger partial charge in [-0.1, -0.05) is 12.1 Å². The van der Waals surface area contributed by atoms with E-state index in [-0.39, 0.29) is 5.82 Å². The fourth-order valence-electron chi connectivity index (χ4n) is 1.61. The zero-order valence-corrected chi connectivity index (χ0v) is 10.0. The molecule has 1 unspecified atom stereocenters. The second-order valence-electron chi connectivity index (χ2n) is 3.99. The minimum Gasteiger partial charge on any atom is -0.380 e. The molecule has 84 valence electrons. The number of hydrogen-bond donors (Lipinski definition) is 1. The van der Waals surface area contributed by atoms with Crippen molar-refractivity contribution in [2.75, 3.05) is 0 Å². The number of rotatable bonds is 2. The highest BCUT2D eigenvalue weighted by molar-refractivity contribution is 7.12. The van der Waals surface area contributed by atoms with Crippen molar-refractivity contribution >= 4 is 11.3 Å². The molecular formula is C13H13FOS. The Morgan fingerprint density at radius 3 is 2.25 bits per heavy atom. The summed E-state index contributed by atoms with van der Waals surface area (Å²) in [5.41, 5.74) is -0.345. The van der Waals surface area contributed by atoms with E-state index >= 15 is 0 Å². The van der Waals surface area contributed by atoms with Crippen molar-refractivity contribution in [2.24, 2.45) is 0 Å². The summed E-state index contributed by atoms with van der Waals surface area (Å²) in [7, 11) is 0. The Morgan fingerprint density at radius 1 is 1.12 bits per heavy atom. The molecule has 3 heteroatoms. The number of aryl methyl sites for hydroxylation is 1. The predicted octanol–water partition coefficient (Wildman–Crippen LogP) is 3.45. The topological polar surface area (TPSA) is 20.2 Å². The normalized spacial score (nSPS) is 14.8. The molecule has 1 atom stereocenters. The molecule has 0 saturated carbocycles. The zero-order valence-electron chi connectivity index (χ0n) is 9.20. The van der Waals surface area contributed by atoms with Gasteiger partial charge < -0.3 is 5.11 Å². The van der Waals surface area contributed by atoms with Crippen LogP contribution < -0.4 is 0 Å². The third-order valence-electron chi connectivity index (χ3n) is 2.63. The maximum absolute atomic E-state index is 12.8. The Kier molecular flexibility index (Phi) is 2.82. The lowest BCUT2D eigenvalue weighted by Crippen LogP contribution is -2.21. The molecule has 0 amide bonds. The van der Waals surface area contributed by atoms with Crippen LogP contribution in [0.2, 0.25) is 0 Å². The van der Waals surface area contributed by atoms with E-state index in [0.29, 0.717) is 5.56 Å². The van der Waals surface area contributed by atoms with Gasteiger partial charge in [0.2, 0.25) is 0 Å². The lowest BCUT2D eigenvalue weighted by atomic mass is 9.94. The maximum Gasteiger partial charge on any atom is 0.123 e. The average molecular weight is 236 g/mol. The van der Waals surface area contributed by atoms with Crippen molar-refractivity contribution in [3.8, 4) is 0 Å². The van der Waals surface area contributed by atoms with Gasteiger partial charge in [0.25, 0.3) is 0 Å². The fourth-order valence-corrected chi connectivity index (χ4v) is 2.55. The summed E-state index contributed by atoms with van der Waals surface area (Å²) in [4.78, 5) is 2.02. The third-order valence-corrected chi connectivity index (χ3v) is 3.84. The first-order chi connectivity index (χ1) is 7.50. The number of thiophene rings is 1. The van der Waals surface area contributed by atoms with Crippen molar-refractivity contribution in [3.05, 3.63) is 57.5 Å². The summed E-state index contributed by atoms with van der Waals surface area (Å²) in [6, 6.07) is 9.84. The van der Waals surface area contributed by atoms with Crippen LogP contribution in [0.3, 0.4) is 0 Å². The fraction of sp³-hybridized carbons (Fsp3) is 0.231. The highest BCUT2D eigenvalue weighted by Crippen LogP contribution is 2.33. The van der Waals surface area contributed by atoms with E-state index in [9.17, 15) is 9.50 Å². The SMILES string of the molecule is Cc1ccc(C(C)(O)c2ccc(F)cc2)s1. The standard InChI is InChI=1S/C13H13FOS/c1-9-3-8-12(16-9)13(2,15)10-4-6-11(14)7-5-10/h3-8,15H,1-2H3. The van der Waals surface area contributed by atoms with Gasteiger partial charge >= 0.3 is 0 Å². The van der Waals surface area contributed by atoms with Crippen molar-refractivity contribution in [1.29, 1.82) is 0 Å². The van der Waals surface area contributed by atoms with E-state index in [1.165, 1.54) is 12.1 Å². The first-order valence-corrected chi connectivity index (χ1v) is 5.87. The molecule has 0 fully saturated rings. The average Bonchev–Trinajstić information content (AvgIpc) is 2.66. The summed E-state index contributed by atoms with van der Waals surface area (Å²) in [5.74, 6) is -0.290. The third kappa shape index (κ3) is 2.01. The number of halogens is 1. The van der Waals surface area contributed by atoms with Crippen LogP contribution in [0, 0.1) is 12.7 Å². The van der Waals surface area contributed by atoms with Gasteiger partial charge in [0.15, 0.2) is 0 Å². The summed E-state index contributed by atoms with van der Waals surface area (Å²) < 4.78 is 12.8. The van der Waals surface area contributed by atoms with Crippen LogP contribution in [0.1, 0.15) is 22.2 Å². The Labute approximate surface area is 98.2 Å². The van der Waals surface area contributed by atoms with Gasteiger partial charge in [-0.2, -0.15) is 0 Å². The monoisotopic (exact) mass is 236 g/mol. The molecule has 2 rings (SSSR count). The van der Waals surface area contributed by atoms with Crippen LogP contribution in [-0.2, 0) is 5.60 Å². The van der Waals surface area contributed by atoms with E-state index in [4.69, 9.17) is 0 Å². The number of hydrogen-bond acceptors (Lipinski definition) is 2. The summed E-state index contributed by atoms with van der Waals surface area (Å²) in [5, 5.41) is 10.4. The molecule has 0 bridgehead atoms. The van der Waals surface area contributed by atoms with Gasteiger partial charge in [-0.05, 0) is 43.7 Å². The molecule has 1 heterocycles. The molecule has 0 aliphatic rings. The molecule has 0 aliphatic carbocycles. The second kappa shape index (κ2) is 4.00. The highest BCUT2D eigenvalue weighted by atomic mass is 32.1. The van der Waals surface area contributed by atoms with E-state index < -0.39 is 5.60 Å². The number of benzene rings is 1. The molecule has 1 aromatic carbocycles. The Hall–Kier alpha value is -1.19. The molecule has 1 N–H and O–H groups in total. The van der Waals surface area contributed by atoms with Gasteiger partial charge in [0.1, 0.15) is 11.4 Å².